The molecule has 1 aromatic carbocycles. The molecule has 0 spiro atoms. The van der Waals surface area contributed by atoms with Crippen molar-refractivity contribution in [3.8, 4) is 11.1 Å². The second kappa shape index (κ2) is 4.73. The van der Waals surface area contributed by atoms with Crippen molar-refractivity contribution in [2.45, 2.75) is 0 Å². The number of hydrogen-bond donors (Lipinski definition) is 2. The van der Waals surface area contributed by atoms with E-state index in [1.165, 1.54) is 18.3 Å². The summed E-state index contributed by atoms with van der Waals surface area (Å²) >= 11 is 3.30. The quantitative estimate of drug-likeness (QED) is 0.894. The Morgan fingerprint density at radius 3 is 2.67 bits per heavy atom. The van der Waals surface area contributed by atoms with Gasteiger partial charge in [-0.2, -0.15) is 0 Å². The van der Waals surface area contributed by atoms with E-state index >= 15 is 0 Å². The Morgan fingerprint density at radius 2 is 2.11 bits per heavy atom. The van der Waals surface area contributed by atoms with Gasteiger partial charge in [-0.25, -0.2) is 14.2 Å². The summed E-state index contributed by atoms with van der Waals surface area (Å²) in [6.45, 7) is 0. The summed E-state index contributed by atoms with van der Waals surface area (Å²) in [5, 5.41) is 8.75. The van der Waals surface area contributed by atoms with E-state index in [2.05, 4.69) is 20.9 Å². The number of carboxylic acid groups (broad SMARTS) is 1. The van der Waals surface area contributed by atoms with Gasteiger partial charge in [-0.3, -0.25) is 0 Å². The number of nitrogens with two attached hydrogens (primary N) is 1. The first-order chi connectivity index (χ1) is 8.50. The summed E-state index contributed by atoms with van der Waals surface area (Å²) in [6, 6.07) is 5.49. The van der Waals surface area contributed by atoms with E-state index < -0.39 is 11.8 Å². The largest absolute Gasteiger partial charge is 0.478 e. The van der Waals surface area contributed by atoms with Crippen molar-refractivity contribution in [1.29, 1.82) is 0 Å². The van der Waals surface area contributed by atoms with Crippen molar-refractivity contribution in [1.82, 2.24) is 4.98 Å². The molecule has 2 aromatic rings. The van der Waals surface area contributed by atoms with Crippen molar-refractivity contribution in [3.63, 3.8) is 0 Å². The molecule has 0 saturated heterocycles. The fourth-order valence-electron chi connectivity index (χ4n) is 1.58. The van der Waals surface area contributed by atoms with E-state index in [1.54, 1.807) is 6.07 Å². The molecule has 0 aliphatic heterocycles. The van der Waals surface area contributed by atoms with Gasteiger partial charge in [0.25, 0.3) is 0 Å². The van der Waals surface area contributed by atoms with Gasteiger partial charge in [0.15, 0.2) is 0 Å². The van der Waals surface area contributed by atoms with Crippen LogP contribution in [0.25, 0.3) is 11.1 Å². The third-order valence-electron chi connectivity index (χ3n) is 2.42. The van der Waals surface area contributed by atoms with Gasteiger partial charge >= 0.3 is 5.97 Å². The van der Waals surface area contributed by atoms with Crippen LogP contribution in [0, 0.1) is 5.82 Å². The number of carboxylic acids is 1. The van der Waals surface area contributed by atoms with Crippen LogP contribution in [0.15, 0.2) is 34.9 Å². The molecule has 1 aromatic heterocycles. The van der Waals surface area contributed by atoms with Gasteiger partial charge < -0.3 is 10.8 Å². The first kappa shape index (κ1) is 12.5. The van der Waals surface area contributed by atoms with E-state index in [9.17, 15) is 9.18 Å². The zero-order valence-corrected chi connectivity index (χ0v) is 10.6. The number of pyridine rings is 1. The van der Waals surface area contributed by atoms with Crippen LogP contribution in [0.3, 0.4) is 0 Å². The Kier molecular flexibility index (Phi) is 3.29. The Morgan fingerprint density at radius 1 is 1.39 bits per heavy atom. The third kappa shape index (κ3) is 2.19. The zero-order valence-electron chi connectivity index (χ0n) is 9.02. The monoisotopic (exact) mass is 310 g/mol. The molecule has 2 rings (SSSR count). The number of rotatable bonds is 2. The molecule has 18 heavy (non-hydrogen) atoms. The number of anilines is 1. The van der Waals surface area contributed by atoms with Gasteiger partial charge in [-0.1, -0.05) is 6.07 Å². The van der Waals surface area contributed by atoms with Crippen LogP contribution in [-0.4, -0.2) is 16.1 Å². The molecule has 0 saturated carbocycles. The first-order valence-corrected chi connectivity index (χ1v) is 5.73. The van der Waals surface area contributed by atoms with E-state index in [-0.39, 0.29) is 11.4 Å². The standard InChI is InChI=1S/C12H8BrFN2O2/c13-8-3-4-16-11(15)10(8)6-1-2-7(12(17)18)9(14)5-6/h1-5H,(H2,15,16)(H,17,18). The molecule has 0 atom stereocenters. The van der Waals surface area contributed by atoms with Crippen LogP contribution in [0.4, 0.5) is 10.2 Å². The lowest BCUT2D eigenvalue weighted by Gasteiger charge is -2.08. The summed E-state index contributed by atoms with van der Waals surface area (Å²) in [7, 11) is 0. The zero-order chi connectivity index (χ0) is 13.3. The van der Waals surface area contributed by atoms with Gasteiger partial charge in [0.05, 0.1) is 5.56 Å². The summed E-state index contributed by atoms with van der Waals surface area (Å²) in [5.74, 6) is -1.88. The first-order valence-electron chi connectivity index (χ1n) is 4.94. The molecule has 0 bridgehead atoms. The van der Waals surface area contributed by atoms with Gasteiger partial charge in [-0.15, -0.1) is 0 Å². The highest BCUT2D eigenvalue weighted by molar-refractivity contribution is 9.10. The van der Waals surface area contributed by atoms with E-state index in [1.807, 2.05) is 0 Å². The summed E-state index contributed by atoms with van der Waals surface area (Å²) < 4.78 is 14.3. The Bertz CT molecular complexity index is 611. The number of benzene rings is 1. The average Bonchev–Trinajstić information content (AvgIpc) is 2.28. The lowest BCUT2D eigenvalue weighted by Crippen LogP contribution is -2.01. The normalized spacial score (nSPS) is 10.3. The number of aromatic nitrogens is 1. The van der Waals surface area contributed by atoms with E-state index in [0.717, 1.165) is 6.07 Å². The number of halogens is 2. The molecule has 0 unspecified atom stereocenters. The average molecular weight is 311 g/mol. The lowest BCUT2D eigenvalue weighted by atomic mass is 10.0. The summed E-state index contributed by atoms with van der Waals surface area (Å²) in [4.78, 5) is 14.6. The van der Waals surface area contributed by atoms with Crippen molar-refractivity contribution >= 4 is 27.7 Å². The predicted octanol–water partition coefficient (Wildman–Crippen LogP) is 2.93. The van der Waals surface area contributed by atoms with E-state index in [0.29, 0.717) is 15.6 Å². The summed E-state index contributed by atoms with van der Waals surface area (Å²) in [6.07, 6.45) is 1.52. The molecule has 92 valence electrons. The number of aromatic carboxylic acids is 1. The van der Waals surface area contributed by atoms with Crippen LogP contribution in [0.5, 0.6) is 0 Å². The maximum absolute atomic E-state index is 13.6. The molecule has 3 N–H and O–H groups in total. The molecule has 0 aliphatic carbocycles. The highest BCUT2D eigenvalue weighted by Crippen LogP contribution is 2.32. The Labute approximate surface area is 110 Å². The maximum Gasteiger partial charge on any atom is 0.338 e. The van der Waals surface area contributed by atoms with Crippen LogP contribution < -0.4 is 5.73 Å². The minimum Gasteiger partial charge on any atom is -0.478 e. The molecular formula is C12H8BrFN2O2. The fraction of sp³-hybridized carbons (Fsp3) is 0. The topological polar surface area (TPSA) is 76.2 Å². The van der Waals surface area contributed by atoms with Crippen LogP contribution in [-0.2, 0) is 0 Å². The van der Waals surface area contributed by atoms with Crippen LogP contribution >= 0.6 is 15.9 Å². The van der Waals surface area contributed by atoms with Gasteiger partial charge in [0.1, 0.15) is 11.6 Å². The summed E-state index contributed by atoms with van der Waals surface area (Å²) in [5.41, 5.74) is 6.35. The molecule has 1 heterocycles. The van der Waals surface area contributed by atoms with Crippen molar-refractivity contribution < 1.29 is 14.3 Å². The minimum absolute atomic E-state index is 0.242. The third-order valence-corrected chi connectivity index (χ3v) is 3.08. The highest BCUT2D eigenvalue weighted by atomic mass is 79.9. The SMILES string of the molecule is Nc1nccc(Br)c1-c1ccc(C(=O)O)c(F)c1. The number of nitrogens with zero attached hydrogens (tertiary/aromatic N) is 1. The lowest BCUT2D eigenvalue weighted by molar-refractivity contribution is 0.0692. The molecule has 0 amide bonds. The molecule has 4 nitrogen and oxygen atoms in total. The smallest absolute Gasteiger partial charge is 0.338 e. The number of carbonyl (C=O) groups is 1. The van der Waals surface area contributed by atoms with Gasteiger partial charge in [0, 0.05) is 16.2 Å². The molecule has 0 fully saturated rings. The second-order valence-electron chi connectivity index (χ2n) is 3.55. The second-order valence-corrected chi connectivity index (χ2v) is 4.41. The molecule has 6 heteroatoms. The Hall–Kier alpha value is -1.95. The van der Waals surface area contributed by atoms with Crippen molar-refractivity contribution in [3.05, 3.63) is 46.3 Å². The number of nitrogen functional groups attached to an aromatic ring is 1. The van der Waals surface area contributed by atoms with E-state index in [4.69, 9.17) is 10.8 Å². The molecule has 0 radical (unpaired) electrons. The Balaban J connectivity index is 2.59. The molecular weight excluding hydrogens is 303 g/mol. The van der Waals surface area contributed by atoms with Crippen molar-refractivity contribution in [2.24, 2.45) is 0 Å². The number of hydrogen-bond acceptors (Lipinski definition) is 3. The highest BCUT2D eigenvalue weighted by Gasteiger charge is 2.14. The minimum atomic E-state index is -1.31. The van der Waals surface area contributed by atoms with Crippen LogP contribution in [0.1, 0.15) is 10.4 Å². The van der Waals surface area contributed by atoms with Crippen LogP contribution in [0.2, 0.25) is 0 Å². The van der Waals surface area contributed by atoms with Crippen molar-refractivity contribution in [2.75, 3.05) is 5.73 Å². The van der Waals surface area contributed by atoms with Gasteiger partial charge in [-0.05, 0) is 39.7 Å². The maximum atomic E-state index is 13.6. The van der Waals surface area contributed by atoms with Gasteiger partial charge in [0.2, 0.25) is 0 Å². The fourth-order valence-corrected chi connectivity index (χ4v) is 2.13. The predicted molar refractivity (Wildman–Crippen MR) is 68.7 cm³/mol. The molecule has 0 aliphatic rings.